The van der Waals surface area contributed by atoms with Crippen molar-refractivity contribution in [1.29, 1.82) is 0 Å². The molecule has 0 spiro atoms. The van der Waals surface area contributed by atoms with Gasteiger partial charge in [-0.3, -0.25) is 4.79 Å². The molecule has 1 saturated carbocycles. The first-order valence-electron chi connectivity index (χ1n) is 7.06. The van der Waals surface area contributed by atoms with E-state index < -0.39 is 0 Å². The van der Waals surface area contributed by atoms with Gasteiger partial charge in [0.2, 0.25) is 5.91 Å². The molecular formula is C16H24N2O2. The van der Waals surface area contributed by atoms with Crippen LogP contribution in [0.25, 0.3) is 0 Å². The molecule has 1 amide bonds. The molecule has 0 heterocycles. The van der Waals surface area contributed by atoms with Crippen molar-refractivity contribution >= 4 is 11.6 Å². The second-order valence-corrected chi connectivity index (χ2v) is 6.35. The third kappa shape index (κ3) is 2.96. The fourth-order valence-corrected chi connectivity index (χ4v) is 2.49. The number of hydrogen-bond donors (Lipinski definition) is 2. The molecule has 0 saturated heterocycles. The van der Waals surface area contributed by atoms with Crippen LogP contribution in [0.15, 0.2) is 24.3 Å². The van der Waals surface area contributed by atoms with Gasteiger partial charge in [0.1, 0.15) is 0 Å². The Balaban J connectivity index is 2.02. The number of benzene rings is 1. The Bertz CT molecular complexity index is 499. The van der Waals surface area contributed by atoms with Crippen molar-refractivity contribution in [3.05, 3.63) is 29.8 Å². The quantitative estimate of drug-likeness (QED) is 0.886. The standard InChI is InChI=1S/C16H24N2O2/c1-11(19)18(4)10-12-6-5-7-13(8-12)17-14-9-15(20)16(14,2)3/h5-8,14-15,17,20H,9-10H2,1-4H3. The van der Waals surface area contributed by atoms with Gasteiger partial charge >= 0.3 is 0 Å². The summed E-state index contributed by atoms with van der Waals surface area (Å²) in [5, 5.41) is 13.3. The molecule has 0 bridgehead atoms. The summed E-state index contributed by atoms with van der Waals surface area (Å²) < 4.78 is 0. The van der Waals surface area contributed by atoms with Crippen LogP contribution >= 0.6 is 0 Å². The first-order chi connectivity index (χ1) is 9.30. The molecule has 2 rings (SSSR count). The van der Waals surface area contributed by atoms with Gasteiger partial charge in [0.25, 0.3) is 0 Å². The molecular weight excluding hydrogens is 252 g/mol. The number of aliphatic hydroxyl groups is 1. The molecule has 2 N–H and O–H groups in total. The van der Waals surface area contributed by atoms with E-state index in [2.05, 4.69) is 25.2 Å². The molecule has 4 heteroatoms. The minimum atomic E-state index is -0.230. The van der Waals surface area contributed by atoms with Crippen LogP contribution in [0.4, 0.5) is 5.69 Å². The zero-order chi connectivity index (χ0) is 14.9. The van der Waals surface area contributed by atoms with Crippen molar-refractivity contribution in [2.75, 3.05) is 12.4 Å². The Labute approximate surface area is 120 Å². The molecule has 20 heavy (non-hydrogen) atoms. The zero-order valence-corrected chi connectivity index (χ0v) is 12.7. The van der Waals surface area contributed by atoms with Crippen molar-refractivity contribution in [2.45, 2.75) is 45.9 Å². The highest BCUT2D eigenvalue weighted by Crippen LogP contribution is 2.42. The van der Waals surface area contributed by atoms with Crippen LogP contribution in [0, 0.1) is 5.41 Å². The van der Waals surface area contributed by atoms with Crippen LogP contribution in [0.5, 0.6) is 0 Å². The van der Waals surface area contributed by atoms with Gasteiger partial charge in [-0.1, -0.05) is 26.0 Å². The number of hydrogen-bond acceptors (Lipinski definition) is 3. The summed E-state index contributed by atoms with van der Waals surface area (Å²) in [5.41, 5.74) is 2.06. The number of amides is 1. The van der Waals surface area contributed by atoms with Crippen molar-refractivity contribution in [2.24, 2.45) is 5.41 Å². The van der Waals surface area contributed by atoms with Gasteiger partial charge in [-0.05, 0) is 24.1 Å². The van der Waals surface area contributed by atoms with Gasteiger partial charge in [0.05, 0.1) is 6.10 Å². The second-order valence-electron chi connectivity index (χ2n) is 6.35. The Hall–Kier alpha value is -1.55. The largest absolute Gasteiger partial charge is 0.392 e. The summed E-state index contributed by atoms with van der Waals surface area (Å²) in [6, 6.07) is 8.40. The lowest BCUT2D eigenvalue weighted by Crippen LogP contribution is -2.56. The Morgan fingerprint density at radius 1 is 1.50 bits per heavy atom. The molecule has 1 aliphatic carbocycles. The number of anilines is 1. The number of carbonyl (C=O) groups is 1. The van der Waals surface area contributed by atoms with E-state index in [1.165, 1.54) is 0 Å². The monoisotopic (exact) mass is 276 g/mol. The summed E-state index contributed by atoms with van der Waals surface area (Å²) in [7, 11) is 1.80. The molecule has 0 aliphatic heterocycles. The first-order valence-corrected chi connectivity index (χ1v) is 7.06. The van der Waals surface area contributed by atoms with E-state index in [0.717, 1.165) is 17.7 Å². The van der Waals surface area contributed by atoms with Crippen LogP contribution in [-0.2, 0) is 11.3 Å². The molecule has 0 radical (unpaired) electrons. The minimum Gasteiger partial charge on any atom is -0.392 e. The van der Waals surface area contributed by atoms with E-state index in [-0.39, 0.29) is 17.4 Å². The molecule has 1 aromatic rings. The van der Waals surface area contributed by atoms with E-state index in [9.17, 15) is 9.90 Å². The highest BCUT2D eigenvalue weighted by molar-refractivity contribution is 5.72. The van der Waals surface area contributed by atoms with E-state index in [1.54, 1.807) is 18.9 Å². The molecule has 4 nitrogen and oxygen atoms in total. The average molecular weight is 276 g/mol. The van der Waals surface area contributed by atoms with Crippen LogP contribution in [0.1, 0.15) is 32.8 Å². The van der Waals surface area contributed by atoms with Gasteiger partial charge in [-0.2, -0.15) is 0 Å². The topological polar surface area (TPSA) is 52.6 Å². The third-order valence-electron chi connectivity index (χ3n) is 4.44. The van der Waals surface area contributed by atoms with Gasteiger partial charge in [0, 0.05) is 37.7 Å². The average Bonchev–Trinajstić information content (AvgIpc) is 2.38. The third-order valence-corrected chi connectivity index (χ3v) is 4.44. The minimum absolute atomic E-state index is 0.0617. The van der Waals surface area contributed by atoms with Gasteiger partial charge in [-0.15, -0.1) is 0 Å². The van der Waals surface area contributed by atoms with Crippen molar-refractivity contribution < 1.29 is 9.90 Å². The Morgan fingerprint density at radius 3 is 2.75 bits per heavy atom. The Kier molecular flexibility index (Phi) is 4.04. The lowest BCUT2D eigenvalue weighted by atomic mass is 9.64. The van der Waals surface area contributed by atoms with Crippen LogP contribution in [0.2, 0.25) is 0 Å². The molecule has 2 atom stereocenters. The molecule has 1 fully saturated rings. The fraction of sp³-hybridized carbons (Fsp3) is 0.562. The SMILES string of the molecule is CC(=O)N(C)Cc1cccc(NC2CC(O)C2(C)C)c1. The smallest absolute Gasteiger partial charge is 0.219 e. The fourth-order valence-electron chi connectivity index (χ4n) is 2.49. The van der Waals surface area contributed by atoms with E-state index in [1.807, 2.05) is 18.2 Å². The lowest BCUT2D eigenvalue weighted by molar-refractivity contribution is -0.128. The predicted molar refractivity (Wildman–Crippen MR) is 80.4 cm³/mol. The first kappa shape index (κ1) is 14.9. The maximum atomic E-state index is 11.3. The van der Waals surface area contributed by atoms with Gasteiger partial charge in [-0.25, -0.2) is 0 Å². The molecule has 110 valence electrons. The number of rotatable bonds is 4. The van der Waals surface area contributed by atoms with Crippen LogP contribution in [0.3, 0.4) is 0 Å². The second kappa shape index (κ2) is 5.44. The van der Waals surface area contributed by atoms with E-state index in [4.69, 9.17) is 0 Å². The summed E-state index contributed by atoms with van der Waals surface area (Å²) >= 11 is 0. The molecule has 1 aromatic carbocycles. The predicted octanol–water partition coefficient (Wildman–Crippen LogP) is 2.24. The van der Waals surface area contributed by atoms with Gasteiger partial charge < -0.3 is 15.3 Å². The Morgan fingerprint density at radius 2 is 2.20 bits per heavy atom. The van der Waals surface area contributed by atoms with Crippen LogP contribution in [-0.4, -0.2) is 35.1 Å². The summed E-state index contributed by atoms with van der Waals surface area (Å²) in [6.07, 6.45) is 0.553. The normalized spacial score (nSPS) is 23.9. The highest BCUT2D eigenvalue weighted by atomic mass is 16.3. The summed E-state index contributed by atoms with van der Waals surface area (Å²) in [4.78, 5) is 13.0. The highest BCUT2D eigenvalue weighted by Gasteiger charge is 2.47. The molecule has 1 aliphatic rings. The van der Waals surface area contributed by atoms with Crippen molar-refractivity contribution in [3.8, 4) is 0 Å². The lowest BCUT2D eigenvalue weighted by Gasteiger charge is -2.49. The van der Waals surface area contributed by atoms with Crippen molar-refractivity contribution in [3.63, 3.8) is 0 Å². The maximum absolute atomic E-state index is 11.3. The number of nitrogens with one attached hydrogen (secondary N) is 1. The number of carbonyl (C=O) groups excluding carboxylic acids is 1. The van der Waals surface area contributed by atoms with Crippen molar-refractivity contribution in [1.82, 2.24) is 4.90 Å². The molecule has 2 unspecified atom stereocenters. The summed E-state index contributed by atoms with van der Waals surface area (Å²) in [6.45, 7) is 6.33. The zero-order valence-electron chi connectivity index (χ0n) is 12.7. The van der Waals surface area contributed by atoms with Crippen LogP contribution < -0.4 is 5.32 Å². The van der Waals surface area contributed by atoms with E-state index in [0.29, 0.717) is 12.6 Å². The molecule has 0 aromatic heterocycles. The van der Waals surface area contributed by atoms with E-state index >= 15 is 0 Å². The summed E-state index contributed by atoms with van der Waals surface area (Å²) in [5.74, 6) is 0.0617. The number of aliphatic hydroxyl groups excluding tert-OH is 1. The maximum Gasteiger partial charge on any atom is 0.219 e. The number of nitrogens with zero attached hydrogens (tertiary/aromatic N) is 1. The van der Waals surface area contributed by atoms with Gasteiger partial charge in [0.15, 0.2) is 0 Å².